The van der Waals surface area contributed by atoms with Crippen molar-refractivity contribution in [3.05, 3.63) is 34.9 Å². The molecule has 8 nitrogen and oxygen atoms in total. The molecule has 0 aromatic carbocycles. The standard InChI is InChI=1S/C27H35NO7/c1-15(6-5-7-18-10-11-28(23(18)31)14-21(29)30)12-19-13-17(3)20-9-8-16(2)22(20)27(19)24(32)26(4,34)25(33)35-27/h10,12-13,16,19-20,22,34H,5-9,11,14H2,1-4H3,(H,29,30). The van der Waals surface area contributed by atoms with E-state index in [4.69, 9.17) is 9.84 Å². The Kier molecular flexibility index (Phi) is 6.55. The fourth-order valence-corrected chi connectivity index (χ4v) is 6.62. The lowest BCUT2D eigenvalue weighted by Gasteiger charge is -2.45. The summed E-state index contributed by atoms with van der Waals surface area (Å²) in [6.07, 6.45) is 9.57. The zero-order valence-corrected chi connectivity index (χ0v) is 20.9. The van der Waals surface area contributed by atoms with Gasteiger partial charge in [-0.1, -0.05) is 36.3 Å². The third kappa shape index (κ3) is 4.15. The number of amides is 1. The number of Topliss-reactive ketones (excluding diaryl/α,β-unsaturated/α-hetero) is 1. The number of esters is 1. The zero-order valence-electron chi connectivity index (χ0n) is 20.9. The molecule has 0 bridgehead atoms. The van der Waals surface area contributed by atoms with Gasteiger partial charge in [-0.05, 0) is 64.7 Å². The lowest BCUT2D eigenvalue weighted by Crippen LogP contribution is -2.57. The summed E-state index contributed by atoms with van der Waals surface area (Å²) in [6.45, 7) is 7.37. The molecule has 1 amide bonds. The molecule has 0 radical (unpaired) electrons. The summed E-state index contributed by atoms with van der Waals surface area (Å²) in [5.41, 5.74) is -0.727. The van der Waals surface area contributed by atoms with E-state index in [-0.39, 0.29) is 30.2 Å². The van der Waals surface area contributed by atoms with Crippen molar-refractivity contribution in [2.24, 2.45) is 23.7 Å². The number of allylic oxidation sites excluding steroid dienone is 2. The number of nitrogens with zero attached hydrogens (tertiary/aromatic N) is 1. The highest BCUT2D eigenvalue weighted by atomic mass is 16.6. The SMILES string of the molecule is CC(=CC1C=C(C)C2CCC(C)C2C12OC(=O)C(C)(O)C2=O)CCCC1=CCN(CC(=O)O)C1=O. The summed E-state index contributed by atoms with van der Waals surface area (Å²) >= 11 is 0. The van der Waals surface area contributed by atoms with Crippen molar-refractivity contribution in [2.45, 2.75) is 71.0 Å². The highest BCUT2D eigenvalue weighted by Gasteiger charge is 2.71. The Bertz CT molecular complexity index is 1050. The van der Waals surface area contributed by atoms with E-state index in [2.05, 4.69) is 13.8 Å². The summed E-state index contributed by atoms with van der Waals surface area (Å²) in [7, 11) is 0. The smallest absolute Gasteiger partial charge is 0.346 e. The van der Waals surface area contributed by atoms with Crippen molar-refractivity contribution in [2.75, 3.05) is 13.1 Å². The number of carbonyl (C=O) groups excluding carboxylic acids is 3. The number of hydrogen-bond donors (Lipinski definition) is 2. The molecule has 4 aliphatic rings. The Balaban J connectivity index is 1.52. The van der Waals surface area contributed by atoms with E-state index in [0.29, 0.717) is 31.4 Å². The average Bonchev–Trinajstić information content (AvgIpc) is 3.38. The molecule has 35 heavy (non-hydrogen) atoms. The van der Waals surface area contributed by atoms with Crippen LogP contribution in [0.2, 0.25) is 0 Å². The van der Waals surface area contributed by atoms with Gasteiger partial charge in [0, 0.05) is 24.0 Å². The van der Waals surface area contributed by atoms with Gasteiger partial charge in [-0.25, -0.2) is 4.79 Å². The number of aliphatic carboxylic acids is 1. The maximum atomic E-state index is 13.6. The van der Waals surface area contributed by atoms with E-state index >= 15 is 0 Å². The number of fused-ring (bicyclic) bond motifs is 2. The largest absolute Gasteiger partial charge is 0.480 e. The van der Waals surface area contributed by atoms with Crippen LogP contribution in [0, 0.1) is 23.7 Å². The van der Waals surface area contributed by atoms with Crippen LogP contribution >= 0.6 is 0 Å². The van der Waals surface area contributed by atoms with Crippen molar-refractivity contribution < 1.29 is 34.1 Å². The van der Waals surface area contributed by atoms with E-state index in [0.717, 1.165) is 18.4 Å². The molecule has 6 unspecified atom stereocenters. The van der Waals surface area contributed by atoms with Crippen molar-refractivity contribution in [1.29, 1.82) is 0 Å². The van der Waals surface area contributed by atoms with Crippen molar-refractivity contribution in [3.8, 4) is 0 Å². The third-order valence-electron chi connectivity index (χ3n) is 8.38. The topological polar surface area (TPSA) is 121 Å². The van der Waals surface area contributed by atoms with Crippen LogP contribution in [0.1, 0.15) is 59.8 Å². The molecule has 1 saturated carbocycles. The molecule has 6 atom stereocenters. The molecule has 1 saturated heterocycles. The van der Waals surface area contributed by atoms with Crippen molar-refractivity contribution in [3.63, 3.8) is 0 Å². The van der Waals surface area contributed by atoms with E-state index in [1.54, 1.807) is 6.08 Å². The normalized spacial score (nSPS) is 37.0. The van der Waals surface area contributed by atoms with Gasteiger partial charge >= 0.3 is 11.9 Å². The van der Waals surface area contributed by atoms with Gasteiger partial charge in [0.2, 0.25) is 17.3 Å². The molecule has 2 heterocycles. The monoisotopic (exact) mass is 485 g/mol. The van der Waals surface area contributed by atoms with Gasteiger partial charge in [0.05, 0.1) is 0 Å². The first-order valence-electron chi connectivity index (χ1n) is 12.5. The summed E-state index contributed by atoms with van der Waals surface area (Å²) in [6, 6.07) is 0. The molecule has 8 heteroatoms. The number of ether oxygens (including phenoxy) is 1. The highest BCUT2D eigenvalue weighted by molar-refractivity contribution is 6.16. The first kappa shape index (κ1) is 25.4. The highest BCUT2D eigenvalue weighted by Crippen LogP contribution is 2.58. The minimum absolute atomic E-state index is 0.148. The van der Waals surface area contributed by atoms with Crippen LogP contribution in [-0.4, -0.2) is 63.0 Å². The number of hydrogen-bond acceptors (Lipinski definition) is 6. The minimum atomic E-state index is -2.15. The Labute approximate surface area is 205 Å². The average molecular weight is 486 g/mol. The van der Waals surface area contributed by atoms with Crippen LogP contribution in [0.5, 0.6) is 0 Å². The van der Waals surface area contributed by atoms with E-state index in [9.17, 15) is 24.3 Å². The van der Waals surface area contributed by atoms with Crippen molar-refractivity contribution in [1.82, 2.24) is 4.90 Å². The second kappa shape index (κ2) is 9.04. The molecule has 1 spiro atoms. The predicted octanol–water partition coefficient (Wildman–Crippen LogP) is 2.81. The van der Waals surface area contributed by atoms with Gasteiger partial charge in [0.25, 0.3) is 0 Å². The maximum absolute atomic E-state index is 13.6. The number of carboxylic acid groups (broad SMARTS) is 1. The summed E-state index contributed by atoms with van der Waals surface area (Å²) in [5, 5.41) is 19.6. The van der Waals surface area contributed by atoms with Crippen LogP contribution in [0.25, 0.3) is 0 Å². The predicted molar refractivity (Wildman–Crippen MR) is 127 cm³/mol. The van der Waals surface area contributed by atoms with E-state index in [1.165, 1.54) is 17.4 Å². The van der Waals surface area contributed by atoms with Gasteiger partial charge in [0.15, 0.2) is 5.60 Å². The van der Waals surface area contributed by atoms with Gasteiger partial charge < -0.3 is 19.8 Å². The summed E-state index contributed by atoms with van der Waals surface area (Å²) in [5.74, 6) is -2.99. The molecule has 4 rings (SSSR count). The Morgan fingerprint density at radius 1 is 1.29 bits per heavy atom. The molecule has 190 valence electrons. The lowest BCUT2D eigenvalue weighted by molar-refractivity contribution is -0.167. The Morgan fingerprint density at radius 2 is 2.00 bits per heavy atom. The number of carbonyl (C=O) groups is 4. The fourth-order valence-electron chi connectivity index (χ4n) is 6.62. The van der Waals surface area contributed by atoms with Gasteiger partial charge in [-0.3, -0.25) is 14.4 Å². The number of carboxylic acids is 1. The molecular weight excluding hydrogens is 450 g/mol. The maximum Gasteiger partial charge on any atom is 0.346 e. The van der Waals surface area contributed by atoms with Gasteiger partial charge in [-0.15, -0.1) is 0 Å². The number of rotatable bonds is 7. The van der Waals surface area contributed by atoms with E-state index in [1.807, 2.05) is 19.1 Å². The quantitative estimate of drug-likeness (QED) is 0.323. The van der Waals surface area contributed by atoms with Crippen LogP contribution in [0.3, 0.4) is 0 Å². The minimum Gasteiger partial charge on any atom is -0.480 e. The first-order chi connectivity index (χ1) is 16.4. The second-order valence-corrected chi connectivity index (χ2v) is 10.9. The van der Waals surface area contributed by atoms with Crippen LogP contribution < -0.4 is 0 Å². The third-order valence-corrected chi connectivity index (χ3v) is 8.38. The van der Waals surface area contributed by atoms with Gasteiger partial charge in [0.1, 0.15) is 6.54 Å². The summed E-state index contributed by atoms with van der Waals surface area (Å²) < 4.78 is 5.87. The van der Waals surface area contributed by atoms with E-state index < -0.39 is 34.8 Å². The lowest BCUT2D eigenvalue weighted by atomic mass is 9.60. The molecule has 0 aromatic rings. The molecule has 2 N–H and O–H groups in total. The van der Waals surface area contributed by atoms with Crippen molar-refractivity contribution >= 4 is 23.6 Å². The molecule has 2 aliphatic heterocycles. The molecule has 2 fully saturated rings. The summed E-state index contributed by atoms with van der Waals surface area (Å²) in [4.78, 5) is 50.8. The van der Waals surface area contributed by atoms with Crippen LogP contribution in [0.4, 0.5) is 0 Å². The number of aliphatic hydroxyl groups is 1. The van der Waals surface area contributed by atoms with Crippen LogP contribution in [-0.2, 0) is 23.9 Å². The Morgan fingerprint density at radius 3 is 2.63 bits per heavy atom. The zero-order chi connectivity index (χ0) is 25.7. The first-order valence-corrected chi connectivity index (χ1v) is 12.5. The molecule has 2 aliphatic carbocycles. The molecule has 0 aromatic heterocycles. The molecular formula is C27H35NO7. The van der Waals surface area contributed by atoms with Gasteiger partial charge in [-0.2, -0.15) is 0 Å². The second-order valence-electron chi connectivity index (χ2n) is 10.9. The fraction of sp³-hybridized carbons (Fsp3) is 0.630. The Hall–Kier alpha value is -2.74. The number of ketones is 1. The van der Waals surface area contributed by atoms with Crippen LogP contribution in [0.15, 0.2) is 34.9 Å².